The smallest absolute Gasteiger partial charge is 0.275 e. The van der Waals surface area contributed by atoms with E-state index in [-0.39, 0.29) is 17.1 Å². The van der Waals surface area contributed by atoms with E-state index >= 15 is 0 Å². The first-order valence-electron chi connectivity index (χ1n) is 5.67. The van der Waals surface area contributed by atoms with Crippen molar-refractivity contribution in [3.05, 3.63) is 58.1 Å². The summed E-state index contributed by atoms with van der Waals surface area (Å²) in [4.78, 5) is 11.8. The third-order valence-electron chi connectivity index (χ3n) is 2.48. The first kappa shape index (κ1) is 14.1. The van der Waals surface area contributed by atoms with Crippen molar-refractivity contribution < 1.29 is 15.0 Å². The van der Waals surface area contributed by atoms with E-state index < -0.39 is 5.91 Å². The molecule has 0 aliphatic rings. The molecule has 0 saturated heterocycles. The average molecular weight is 335 g/mol. The van der Waals surface area contributed by atoms with E-state index in [2.05, 4.69) is 26.5 Å². The van der Waals surface area contributed by atoms with Gasteiger partial charge in [-0.25, -0.2) is 5.43 Å². The molecule has 6 heteroatoms. The zero-order chi connectivity index (χ0) is 14.5. The molecule has 102 valence electrons. The zero-order valence-corrected chi connectivity index (χ0v) is 11.8. The second-order valence-electron chi connectivity index (χ2n) is 3.95. The Labute approximate surface area is 123 Å². The van der Waals surface area contributed by atoms with Gasteiger partial charge in [0.15, 0.2) is 0 Å². The number of aromatic hydroxyl groups is 2. The Kier molecular flexibility index (Phi) is 4.37. The Morgan fingerprint density at radius 2 is 1.85 bits per heavy atom. The van der Waals surface area contributed by atoms with Gasteiger partial charge >= 0.3 is 0 Å². The van der Waals surface area contributed by atoms with Crippen LogP contribution in [0.1, 0.15) is 15.9 Å². The lowest BCUT2D eigenvalue weighted by atomic mass is 10.2. The van der Waals surface area contributed by atoms with Crippen molar-refractivity contribution in [1.29, 1.82) is 0 Å². The molecule has 20 heavy (non-hydrogen) atoms. The van der Waals surface area contributed by atoms with Gasteiger partial charge in [0.05, 0.1) is 11.8 Å². The molecule has 0 aliphatic heterocycles. The molecule has 2 aromatic rings. The number of nitrogens with one attached hydrogen (secondary N) is 1. The topological polar surface area (TPSA) is 81.9 Å². The average Bonchev–Trinajstić information content (AvgIpc) is 2.43. The second kappa shape index (κ2) is 6.21. The van der Waals surface area contributed by atoms with Gasteiger partial charge in [-0.15, -0.1) is 0 Å². The van der Waals surface area contributed by atoms with Crippen molar-refractivity contribution >= 4 is 28.1 Å². The van der Waals surface area contributed by atoms with E-state index in [1.165, 1.54) is 30.5 Å². The van der Waals surface area contributed by atoms with Gasteiger partial charge in [-0.2, -0.15) is 5.10 Å². The van der Waals surface area contributed by atoms with Crippen LogP contribution in [-0.4, -0.2) is 22.3 Å². The predicted molar refractivity (Wildman–Crippen MR) is 79.0 cm³/mol. The molecule has 0 radical (unpaired) electrons. The third kappa shape index (κ3) is 3.58. The number of nitrogens with zero attached hydrogens (tertiary/aromatic N) is 1. The summed E-state index contributed by atoms with van der Waals surface area (Å²) in [6, 6.07) is 10.9. The summed E-state index contributed by atoms with van der Waals surface area (Å²) in [6.07, 6.45) is 1.44. The van der Waals surface area contributed by atoms with E-state index in [4.69, 9.17) is 5.11 Å². The fraction of sp³-hybridized carbons (Fsp3) is 0. The maximum absolute atomic E-state index is 11.8. The zero-order valence-electron chi connectivity index (χ0n) is 10.2. The Hall–Kier alpha value is -2.34. The molecule has 0 saturated carbocycles. The summed E-state index contributed by atoms with van der Waals surface area (Å²) in [6.45, 7) is 0. The van der Waals surface area contributed by atoms with Gasteiger partial charge in [-0.1, -0.05) is 15.9 Å². The lowest BCUT2D eigenvalue weighted by Gasteiger charge is -2.03. The minimum atomic E-state index is -0.515. The van der Waals surface area contributed by atoms with E-state index in [1.807, 2.05) is 0 Å². The summed E-state index contributed by atoms with van der Waals surface area (Å²) in [5, 5.41) is 22.5. The predicted octanol–water partition coefficient (Wildman–Crippen LogP) is 2.62. The number of phenols is 2. The number of rotatable bonds is 3. The van der Waals surface area contributed by atoms with Crippen LogP contribution >= 0.6 is 15.9 Å². The number of hydrogen-bond donors (Lipinski definition) is 3. The molecule has 2 aromatic carbocycles. The molecule has 0 bridgehead atoms. The summed E-state index contributed by atoms with van der Waals surface area (Å²) >= 11 is 3.22. The quantitative estimate of drug-likeness (QED) is 0.596. The Bertz CT molecular complexity index is 654. The number of phenolic OH excluding ortho intramolecular Hbond substituents is 2. The maximum atomic E-state index is 11.8. The Morgan fingerprint density at radius 3 is 2.55 bits per heavy atom. The second-order valence-corrected chi connectivity index (χ2v) is 4.87. The first-order chi connectivity index (χ1) is 9.56. The fourth-order valence-corrected chi connectivity index (χ4v) is 1.84. The van der Waals surface area contributed by atoms with Crippen LogP contribution in [0.25, 0.3) is 0 Å². The lowest BCUT2D eigenvalue weighted by Crippen LogP contribution is -2.17. The molecule has 0 atom stereocenters. The molecular weight excluding hydrogens is 324 g/mol. The van der Waals surface area contributed by atoms with Gasteiger partial charge in [0, 0.05) is 4.47 Å². The minimum absolute atomic E-state index is 0.120. The molecule has 0 heterocycles. The highest BCUT2D eigenvalue weighted by molar-refractivity contribution is 9.10. The summed E-state index contributed by atoms with van der Waals surface area (Å²) in [7, 11) is 0. The number of carbonyl (C=O) groups is 1. The van der Waals surface area contributed by atoms with Gasteiger partial charge in [-0.3, -0.25) is 4.79 Å². The van der Waals surface area contributed by atoms with Crippen LogP contribution in [0.5, 0.6) is 11.5 Å². The van der Waals surface area contributed by atoms with Gasteiger partial charge in [0.1, 0.15) is 11.5 Å². The Morgan fingerprint density at radius 1 is 1.15 bits per heavy atom. The third-order valence-corrected chi connectivity index (χ3v) is 2.97. The molecule has 2 rings (SSSR count). The molecule has 0 spiro atoms. The minimum Gasteiger partial charge on any atom is -0.508 e. The largest absolute Gasteiger partial charge is 0.508 e. The van der Waals surface area contributed by atoms with E-state index in [0.717, 1.165) is 5.56 Å². The number of halogens is 1. The van der Waals surface area contributed by atoms with Crippen molar-refractivity contribution in [2.75, 3.05) is 0 Å². The van der Waals surface area contributed by atoms with Crippen molar-refractivity contribution in [2.24, 2.45) is 5.10 Å². The van der Waals surface area contributed by atoms with Gasteiger partial charge in [0.25, 0.3) is 5.91 Å². The van der Waals surface area contributed by atoms with Crippen LogP contribution in [0, 0.1) is 0 Å². The molecule has 0 fully saturated rings. The van der Waals surface area contributed by atoms with Gasteiger partial charge in [0.2, 0.25) is 0 Å². The van der Waals surface area contributed by atoms with Crippen molar-refractivity contribution in [1.82, 2.24) is 5.43 Å². The van der Waals surface area contributed by atoms with Crippen molar-refractivity contribution in [3.63, 3.8) is 0 Å². The van der Waals surface area contributed by atoms with Crippen LogP contribution in [0.2, 0.25) is 0 Å². The standard InChI is InChI=1S/C14H11BrN2O3/c15-10-3-6-13(19)12(7-10)14(20)17-16-8-9-1-4-11(18)5-2-9/h1-8,18-19H,(H,17,20)/b16-8-. The fourth-order valence-electron chi connectivity index (χ4n) is 1.48. The van der Waals surface area contributed by atoms with Crippen LogP contribution in [0.4, 0.5) is 0 Å². The summed E-state index contributed by atoms with van der Waals surface area (Å²) < 4.78 is 0.683. The SMILES string of the molecule is O=C(N/N=C\c1ccc(O)cc1)c1cc(Br)ccc1O. The lowest BCUT2D eigenvalue weighted by molar-refractivity contribution is 0.0952. The highest BCUT2D eigenvalue weighted by Crippen LogP contribution is 2.21. The molecule has 5 nitrogen and oxygen atoms in total. The highest BCUT2D eigenvalue weighted by Gasteiger charge is 2.10. The highest BCUT2D eigenvalue weighted by atomic mass is 79.9. The van der Waals surface area contributed by atoms with Crippen molar-refractivity contribution in [3.8, 4) is 11.5 Å². The van der Waals surface area contributed by atoms with Gasteiger partial charge in [-0.05, 0) is 48.0 Å². The number of benzene rings is 2. The Balaban J connectivity index is 2.05. The monoisotopic (exact) mass is 334 g/mol. The molecule has 3 N–H and O–H groups in total. The first-order valence-corrected chi connectivity index (χ1v) is 6.46. The molecule has 0 aliphatic carbocycles. The summed E-state index contributed by atoms with van der Waals surface area (Å²) in [5.41, 5.74) is 3.17. The van der Waals surface area contributed by atoms with Crippen LogP contribution in [0.15, 0.2) is 52.0 Å². The normalized spacial score (nSPS) is 10.7. The summed E-state index contributed by atoms with van der Waals surface area (Å²) in [5.74, 6) is -0.477. The van der Waals surface area contributed by atoms with Crippen LogP contribution < -0.4 is 5.43 Å². The molecule has 1 amide bonds. The molecule has 0 unspecified atom stereocenters. The van der Waals surface area contributed by atoms with Crippen LogP contribution in [0.3, 0.4) is 0 Å². The van der Waals surface area contributed by atoms with E-state index in [1.54, 1.807) is 18.2 Å². The number of carbonyl (C=O) groups excluding carboxylic acids is 1. The van der Waals surface area contributed by atoms with E-state index in [9.17, 15) is 9.90 Å². The number of hydrogen-bond acceptors (Lipinski definition) is 4. The molecular formula is C14H11BrN2O3. The number of amides is 1. The number of hydrazone groups is 1. The maximum Gasteiger partial charge on any atom is 0.275 e. The van der Waals surface area contributed by atoms with Crippen LogP contribution in [-0.2, 0) is 0 Å². The van der Waals surface area contributed by atoms with Crippen molar-refractivity contribution in [2.45, 2.75) is 0 Å². The van der Waals surface area contributed by atoms with E-state index in [0.29, 0.717) is 4.47 Å². The molecule has 0 aromatic heterocycles. The van der Waals surface area contributed by atoms with Gasteiger partial charge < -0.3 is 10.2 Å².